The van der Waals surface area contributed by atoms with E-state index in [1.54, 1.807) is 0 Å². The van der Waals surface area contributed by atoms with Gasteiger partial charge in [-0.1, -0.05) is 0 Å². The smallest absolute Gasteiger partial charge is 0.318 e. The highest BCUT2D eigenvalue weighted by atomic mass is 16.5. The van der Waals surface area contributed by atoms with Crippen LogP contribution in [0.3, 0.4) is 0 Å². The van der Waals surface area contributed by atoms with Crippen LogP contribution in [-0.2, 0) is 20.5 Å². The summed E-state index contributed by atoms with van der Waals surface area (Å²) in [7, 11) is 0. The molecular weight excluding hydrogens is 206 g/mol. The van der Waals surface area contributed by atoms with Crippen molar-refractivity contribution in [2.75, 3.05) is 6.61 Å². The molecule has 5 nitrogen and oxygen atoms in total. The molecule has 0 amide bonds. The Kier molecular flexibility index (Phi) is 1.75. The van der Waals surface area contributed by atoms with Crippen molar-refractivity contribution >= 4 is 5.97 Å². The lowest BCUT2D eigenvalue weighted by atomic mass is 9.85. The van der Waals surface area contributed by atoms with E-state index >= 15 is 0 Å². The van der Waals surface area contributed by atoms with Crippen LogP contribution in [0.15, 0.2) is 6.07 Å². The largest absolute Gasteiger partial charge is 0.465 e. The molecule has 1 aliphatic carbocycles. The van der Waals surface area contributed by atoms with E-state index in [1.165, 1.54) is 0 Å². The van der Waals surface area contributed by atoms with Crippen LogP contribution < -0.4 is 5.73 Å². The van der Waals surface area contributed by atoms with E-state index in [2.05, 4.69) is 10.2 Å². The number of hydrogen-bond acceptors (Lipinski definition) is 4. The van der Waals surface area contributed by atoms with Gasteiger partial charge in [-0.15, -0.1) is 0 Å². The molecule has 1 atom stereocenters. The zero-order chi connectivity index (χ0) is 11.4. The number of nitrogens with one attached hydrogen (secondary N) is 1. The van der Waals surface area contributed by atoms with Crippen molar-refractivity contribution in [1.82, 2.24) is 10.2 Å². The second kappa shape index (κ2) is 2.85. The summed E-state index contributed by atoms with van der Waals surface area (Å²) in [6.07, 6.45) is 2.65. The van der Waals surface area contributed by atoms with E-state index in [9.17, 15) is 4.79 Å². The summed E-state index contributed by atoms with van der Waals surface area (Å²) < 4.78 is 5.01. The Hall–Kier alpha value is -1.36. The maximum atomic E-state index is 11.7. The van der Waals surface area contributed by atoms with Crippen LogP contribution in [0.1, 0.15) is 37.6 Å². The first-order valence-electron chi connectivity index (χ1n) is 5.57. The van der Waals surface area contributed by atoms with Gasteiger partial charge in [-0.3, -0.25) is 9.89 Å². The Balaban J connectivity index is 1.95. The normalized spacial score (nSPS) is 31.5. The van der Waals surface area contributed by atoms with Crippen LogP contribution >= 0.6 is 0 Å². The molecule has 1 saturated heterocycles. The number of nitrogens with two attached hydrogens (primary N) is 1. The topological polar surface area (TPSA) is 81.0 Å². The molecule has 5 heteroatoms. The predicted octanol–water partition coefficient (Wildman–Crippen LogP) is 0.562. The molecule has 86 valence electrons. The van der Waals surface area contributed by atoms with Gasteiger partial charge in [0.1, 0.15) is 5.41 Å². The molecule has 0 radical (unpaired) electrons. The number of aromatic amines is 1. The lowest BCUT2D eigenvalue weighted by Crippen LogP contribution is -2.28. The fourth-order valence-corrected chi connectivity index (χ4v) is 2.11. The predicted molar refractivity (Wildman–Crippen MR) is 56.6 cm³/mol. The standard InChI is InChI=1S/C11H15N3O2/c1-10(4-5-16-9(10)15)7-6-8(14-13-7)11(12)2-3-11/h6H,2-5,12H2,1H3,(H,13,14). The first-order valence-corrected chi connectivity index (χ1v) is 5.57. The molecule has 0 spiro atoms. The van der Waals surface area contributed by atoms with Crippen molar-refractivity contribution < 1.29 is 9.53 Å². The summed E-state index contributed by atoms with van der Waals surface area (Å²) in [6, 6.07) is 1.92. The van der Waals surface area contributed by atoms with Crippen LogP contribution in [0.25, 0.3) is 0 Å². The van der Waals surface area contributed by atoms with Gasteiger partial charge in [-0.2, -0.15) is 5.10 Å². The van der Waals surface area contributed by atoms with Crippen LogP contribution in [0.2, 0.25) is 0 Å². The molecule has 3 N–H and O–H groups in total. The molecule has 1 aliphatic heterocycles. The van der Waals surface area contributed by atoms with Gasteiger partial charge >= 0.3 is 5.97 Å². The van der Waals surface area contributed by atoms with Gasteiger partial charge in [0.15, 0.2) is 0 Å². The van der Waals surface area contributed by atoms with Crippen molar-refractivity contribution in [2.45, 2.75) is 37.1 Å². The Labute approximate surface area is 93.4 Å². The van der Waals surface area contributed by atoms with E-state index in [4.69, 9.17) is 10.5 Å². The van der Waals surface area contributed by atoms with Crippen molar-refractivity contribution in [3.05, 3.63) is 17.5 Å². The number of carbonyl (C=O) groups excluding carboxylic acids is 1. The molecule has 3 rings (SSSR count). The first kappa shape index (κ1) is 9.84. The number of hydrogen-bond donors (Lipinski definition) is 2. The van der Waals surface area contributed by atoms with E-state index in [0.29, 0.717) is 13.0 Å². The lowest BCUT2D eigenvalue weighted by Gasteiger charge is -2.14. The zero-order valence-corrected chi connectivity index (χ0v) is 9.25. The van der Waals surface area contributed by atoms with Crippen molar-refractivity contribution in [3.63, 3.8) is 0 Å². The summed E-state index contributed by atoms with van der Waals surface area (Å²) in [5.41, 5.74) is 6.93. The molecule has 0 aromatic carbocycles. The molecular formula is C11H15N3O2. The first-order chi connectivity index (χ1) is 7.55. The number of nitrogens with zero attached hydrogens (tertiary/aromatic N) is 1. The second-order valence-electron chi connectivity index (χ2n) is 5.04. The quantitative estimate of drug-likeness (QED) is 0.715. The zero-order valence-electron chi connectivity index (χ0n) is 9.25. The number of carbonyl (C=O) groups is 1. The van der Waals surface area contributed by atoms with E-state index in [-0.39, 0.29) is 11.5 Å². The number of cyclic esters (lactones) is 1. The van der Waals surface area contributed by atoms with E-state index < -0.39 is 5.41 Å². The van der Waals surface area contributed by atoms with Gasteiger partial charge in [-0.25, -0.2) is 0 Å². The summed E-state index contributed by atoms with van der Waals surface area (Å²) in [6.45, 7) is 2.35. The molecule has 1 saturated carbocycles. The van der Waals surface area contributed by atoms with Gasteiger partial charge < -0.3 is 10.5 Å². The Morgan fingerprint density at radius 1 is 1.50 bits per heavy atom. The maximum Gasteiger partial charge on any atom is 0.318 e. The number of H-pyrrole nitrogens is 1. The lowest BCUT2D eigenvalue weighted by molar-refractivity contribution is -0.142. The average Bonchev–Trinajstić information content (AvgIpc) is 2.71. The minimum atomic E-state index is -0.597. The monoisotopic (exact) mass is 221 g/mol. The second-order valence-corrected chi connectivity index (χ2v) is 5.04. The number of esters is 1. The molecule has 1 aromatic heterocycles. The minimum Gasteiger partial charge on any atom is -0.465 e. The van der Waals surface area contributed by atoms with Crippen LogP contribution in [0.5, 0.6) is 0 Å². The van der Waals surface area contributed by atoms with Crippen molar-refractivity contribution in [1.29, 1.82) is 0 Å². The van der Waals surface area contributed by atoms with E-state index in [1.807, 2.05) is 13.0 Å². The van der Waals surface area contributed by atoms with Gasteiger partial charge in [0, 0.05) is 6.42 Å². The third kappa shape index (κ3) is 1.21. The number of ether oxygens (including phenoxy) is 1. The number of aromatic nitrogens is 2. The maximum absolute atomic E-state index is 11.7. The average molecular weight is 221 g/mol. The third-order valence-corrected chi connectivity index (χ3v) is 3.75. The molecule has 16 heavy (non-hydrogen) atoms. The van der Waals surface area contributed by atoms with Gasteiger partial charge in [0.25, 0.3) is 0 Å². The van der Waals surface area contributed by atoms with Gasteiger partial charge in [0.05, 0.1) is 23.5 Å². The van der Waals surface area contributed by atoms with Gasteiger partial charge in [0.2, 0.25) is 0 Å². The molecule has 1 unspecified atom stereocenters. The Morgan fingerprint density at radius 3 is 2.81 bits per heavy atom. The molecule has 1 aromatic rings. The Morgan fingerprint density at radius 2 is 2.25 bits per heavy atom. The fraction of sp³-hybridized carbons (Fsp3) is 0.636. The fourth-order valence-electron chi connectivity index (χ4n) is 2.11. The summed E-state index contributed by atoms with van der Waals surface area (Å²) >= 11 is 0. The van der Waals surface area contributed by atoms with Crippen LogP contribution in [0.4, 0.5) is 0 Å². The molecule has 2 aliphatic rings. The van der Waals surface area contributed by atoms with Crippen molar-refractivity contribution in [2.24, 2.45) is 5.73 Å². The Bertz CT molecular complexity index is 450. The summed E-state index contributed by atoms with van der Waals surface area (Å²) in [5, 5.41) is 7.17. The SMILES string of the molecule is CC1(c2cc(C3(N)CC3)[nH]n2)CCOC1=O. The third-order valence-electron chi connectivity index (χ3n) is 3.75. The molecule has 2 heterocycles. The molecule has 0 bridgehead atoms. The van der Waals surface area contributed by atoms with E-state index in [0.717, 1.165) is 24.2 Å². The molecule has 2 fully saturated rings. The summed E-state index contributed by atoms with van der Waals surface area (Å²) in [5.74, 6) is -0.188. The highest BCUT2D eigenvalue weighted by Gasteiger charge is 2.46. The van der Waals surface area contributed by atoms with Crippen molar-refractivity contribution in [3.8, 4) is 0 Å². The minimum absolute atomic E-state index is 0.188. The number of rotatable bonds is 2. The van der Waals surface area contributed by atoms with Crippen LogP contribution in [-0.4, -0.2) is 22.8 Å². The van der Waals surface area contributed by atoms with Crippen LogP contribution in [0, 0.1) is 0 Å². The highest BCUT2D eigenvalue weighted by molar-refractivity contribution is 5.83. The van der Waals surface area contributed by atoms with Gasteiger partial charge in [-0.05, 0) is 25.8 Å². The highest BCUT2D eigenvalue weighted by Crippen LogP contribution is 2.43. The summed E-state index contributed by atoms with van der Waals surface area (Å²) in [4.78, 5) is 11.7.